The minimum Gasteiger partial charge on any atom is -0.493 e. The van der Waals surface area contributed by atoms with Crippen LogP contribution in [0.5, 0.6) is 5.75 Å². The summed E-state index contributed by atoms with van der Waals surface area (Å²) in [7, 11) is 0. The Bertz CT molecular complexity index is 421. The minimum atomic E-state index is -0.777. The molecule has 0 atom stereocenters. The molecule has 0 radical (unpaired) electrons. The highest BCUT2D eigenvalue weighted by molar-refractivity contribution is 5.69. The fraction of sp³-hybridized carbons (Fsp3) is 0.462. The normalized spacial score (nSPS) is 14.4. The van der Waals surface area contributed by atoms with E-state index in [4.69, 9.17) is 9.84 Å². The van der Waals surface area contributed by atoms with Gasteiger partial charge in [-0.2, -0.15) is 0 Å². The lowest BCUT2D eigenvalue weighted by Gasteiger charge is -2.25. The van der Waals surface area contributed by atoms with Gasteiger partial charge in [0.2, 0.25) is 0 Å². The third-order valence-electron chi connectivity index (χ3n) is 3.04. The van der Waals surface area contributed by atoms with E-state index in [0.29, 0.717) is 6.61 Å². The lowest BCUT2D eigenvalue weighted by molar-refractivity contribution is -0.138. The molecule has 1 N–H and O–H groups in total. The molecule has 0 aliphatic carbocycles. The molecule has 0 saturated heterocycles. The molecule has 3 nitrogen and oxygen atoms in total. The van der Waals surface area contributed by atoms with E-state index in [1.54, 1.807) is 0 Å². The highest BCUT2D eigenvalue weighted by Crippen LogP contribution is 2.39. The van der Waals surface area contributed by atoms with Gasteiger partial charge in [0, 0.05) is 17.4 Å². The maximum absolute atomic E-state index is 10.8. The fourth-order valence-electron chi connectivity index (χ4n) is 2.22. The average Bonchev–Trinajstić information content (AvgIpc) is 2.62. The van der Waals surface area contributed by atoms with Crippen LogP contribution in [0.15, 0.2) is 18.2 Å². The molecule has 86 valence electrons. The Morgan fingerprint density at radius 2 is 2.25 bits per heavy atom. The summed E-state index contributed by atoms with van der Waals surface area (Å²) in [6.07, 6.45) is 1.04. The molecule has 1 heterocycles. The molecule has 0 fully saturated rings. The van der Waals surface area contributed by atoms with Crippen molar-refractivity contribution in [1.29, 1.82) is 0 Å². The van der Waals surface area contributed by atoms with E-state index in [1.807, 2.05) is 32.0 Å². The summed E-state index contributed by atoms with van der Waals surface area (Å²) >= 11 is 0. The zero-order chi connectivity index (χ0) is 11.8. The lowest BCUT2D eigenvalue weighted by atomic mass is 9.80. The molecule has 0 saturated carbocycles. The zero-order valence-electron chi connectivity index (χ0n) is 9.62. The van der Waals surface area contributed by atoms with Crippen molar-refractivity contribution in [2.75, 3.05) is 6.61 Å². The Labute approximate surface area is 95.0 Å². The number of aliphatic carboxylic acids is 1. The molecule has 3 heteroatoms. The van der Waals surface area contributed by atoms with E-state index in [-0.39, 0.29) is 11.8 Å². The summed E-state index contributed by atoms with van der Waals surface area (Å²) in [5.41, 5.74) is 1.81. The number of carboxylic acids is 1. The quantitative estimate of drug-likeness (QED) is 0.850. The van der Waals surface area contributed by atoms with Gasteiger partial charge in [-0.3, -0.25) is 4.79 Å². The Morgan fingerprint density at radius 3 is 2.94 bits per heavy atom. The summed E-state index contributed by atoms with van der Waals surface area (Å²) in [6.45, 7) is 4.59. The zero-order valence-corrected chi connectivity index (χ0v) is 9.62. The van der Waals surface area contributed by atoms with Crippen LogP contribution in [0, 0.1) is 0 Å². The Hall–Kier alpha value is -1.51. The van der Waals surface area contributed by atoms with Crippen LogP contribution < -0.4 is 4.74 Å². The SMILES string of the molecule is CC(C)(CC(=O)O)c1cccc2c1OCC2. The van der Waals surface area contributed by atoms with Crippen LogP contribution in [0.3, 0.4) is 0 Å². The van der Waals surface area contributed by atoms with Crippen LogP contribution >= 0.6 is 0 Å². The highest BCUT2D eigenvalue weighted by atomic mass is 16.5. The van der Waals surface area contributed by atoms with Crippen LogP contribution in [0.1, 0.15) is 31.4 Å². The van der Waals surface area contributed by atoms with Gasteiger partial charge in [0.05, 0.1) is 13.0 Å². The number of rotatable bonds is 3. The number of fused-ring (bicyclic) bond motifs is 1. The van der Waals surface area contributed by atoms with Crippen molar-refractivity contribution in [3.05, 3.63) is 29.3 Å². The lowest BCUT2D eigenvalue weighted by Crippen LogP contribution is -2.22. The first-order valence-electron chi connectivity index (χ1n) is 5.48. The number of carbonyl (C=O) groups is 1. The molecule has 16 heavy (non-hydrogen) atoms. The second kappa shape index (κ2) is 3.81. The smallest absolute Gasteiger partial charge is 0.304 e. The predicted octanol–water partition coefficient (Wildman–Crippen LogP) is 2.37. The van der Waals surface area contributed by atoms with Crippen molar-refractivity contribution in [1.82, 2.24) is 0 Å². The molecule has 1 aliphatic heterocycles. The molecule has 1 aromatic rings. The van der Waals surface area contributed by atoms with Crippen molar-refractivity contribution in [3.8, 4) is 5.75 Å². The first-order chi connectivity index (χ1) is 7.50. The van der Waals surface area contributed by atoms with Crippen molar-refractivity contribution >= 4 is 5.97 Å². The van der Waals surface area contributed by atoms with E-state index >= 15 is 0 Å². The molecule has 0 aromatic heterocycles. The van der Waals surface area contributed by atoms with Gasteiger partial charge in [-0.05, 0) is 5.56 Å². The second-order valence-electron chi connectivity index (χ2n) is 4.85. The Balaban J connectivity index is 2.40. The standard InChI is InChI=1S/C13H16O3/c1-13(2,8-11(14)15)10-5-3-4-9-6-7-16-12(9)10/h3-5H,6-8H2,1-2H3,(H,14,15). The monoisotopic (exact) mass is 220 g/mol. The largest absolute Gasteiger partial charge is 0.493 e. The molecule has 1 aromatic carbocycles. The van der Waals surface area contributed by atoms with Gasteiger partial charge in [-0.1, -0.05) is 32.0 Å². The minimum absolute atomic E-state index is 0.118. The van der Waals surface area contributed by atoms with Crippen molar-refractivity contribution in [3.63, 3.8) is 0 Å². The molecule has 0 unspecified atom stereocenters. The summed E-state index contributed by atoms with van der Waals surface area (Å²) in [6, 6.07) is 5.99. The first kappa shape index (κ1) is 11.0. The van der Waals surface area contributed by atoms with Crippen molar-refractivity contribution in [2.45, 2.75) is 32.1 Å². The van der Waals surface area contributed by atoms with E-state index in [0.717, 1.165) is 17.7 Å². The third kappa shape index (κ3) is 1.90. The molecular formula is C13H16O3. The maximum atomic E-state index is 10.8. The van der Waals surface area contributed by atoms with E-state index < -0.39 is 5.97 Å². The van der Waals surface area contributed by atoms with Gasteiger partial charge >= 0.3 is 5.97 Å². The van der Waals surface area contributed by atoms with Crippen LogP contribution in [-0.4, -0.2) is 17.7 Å². The van der Waals surface area contributed by atoms with E-state index in [9.17, 15) is 4.79 Å². The van der Waals surface area contributed by atoms with Crippen LogP contribution in [0.4, 0.5) is 0 Å². The number of hydrogen-bond donors (Lipinski definition) is 1. The predicted molar refractivity (Wildman–Crippen MR) is 60.9 cm³/mol. The Morgan fingerprint density at radius 1 is 1.50 bits per heavy atom. The number of benzene rings is 1. The highest BCUT2D eigenvalue weighted by Gasteiger charge is 2.30. The molecule has 1 aliphatic rings. The van der Waals surface area contributed by atoms with E-state index in [2.05, 4.69) is 0 Å². The molecule has 2 rings (SSSR count). The fourth-order valence-corrected chi connectivity index (χ4v) is 2.22. The maximum Gasteiger partial charge on any atom is 0.304 e. The van der Waals surface area contributed by atoms with Crippen LogP contribution in [0.2, 0.25) is 0 Å². The number of para-hydroxylation sites is 1. The second-order valence-corrected chi connectivity index (χ2v) is 4.85. The van der Waals surface area contributed by atoms with Gasteiger partial charge < -0.3 is 9.84 Å². The summed E-state index contributed by atoms with van der Waals surface area (Å²) in [5.74, 6) is 0.120. The summed E-state index contributed by atoms with van der Waals surface area (Å²) in [5, 5.41) is 8.92. The topological polar surface area (TPSA) is 46.5 Å². The van der Waals surface area contributed by atoms with Gasteiger partial charge in [-0.25, -0.2) is 0 Å². The molecule has 0 amide bonds. The number of ether oxygens (including phenoxy) is 1. The van der Waals surface area contributed by atoms with Gasteiger partial charge in [0.1, 0.15) is 5.75 Å². The average molecular weight is 220 g/mol. The third-order valence-corrected chi connectivity index (χ3v) is 3.04. The van der Waals surface area contributed by atoms with Crippen molar-refractivity contribution in [2.24, 2.45) is 0 Å². The summed E-state index contributed by atoms with van der Waals surface area (Å²) in [4.78, 5) is 10.8. The Kier molecular flexibility index (Phi) is 2.62. The number of carboxylic acid groups (broad SMARTS) is 1. The van der Waals surface area contributed by atoms with Crippen molar-refractivity contribution < 1.29 is 14.6 Å². The molecule has 0 bridgehead atoms. The summed E-state index contributed by atoms with van der Waals surface area (Å²) < 4.78 is 5.60. The van der Waals surface area contributed by atoms with Gasteiger partial charge in [-0.15, -0.1) is 0 Å². The van der Waals surface area contributed by atoms with Crippen LogP contribution in [-0.2, 0) is 16.6 Å². The molecule has 0 spiro atoms. The number of hydrogen-bond acceptors (Lipinski definition) is 2. The first-order valence-corrected chi connectivity index (χ1v) is 5.48. The van der Waals surface area contributed by atoms with E-state index in [1.165, 1.54) is 5.56 Å². The van der Waals surface area contributed by atoms with Crippen LogP contribution in [0.25, 0.3) is 0 Å². The van der Waals surface area contributed by atoms with Gasteiger partial charge in [0.25, 0.3) is 0 Å². The molecular weight excluding hydrogens is 204 g/mol. The van der Waals surface area contributed by atoms with Gasteiger partial charge in [0.15, 0.2) is 0 Å².